The largest absolute Gasteiger partial charge is 0.274 e. The molecule has 1 aliphatic heterocycles. The minimum absolute atomic E-state index is 0.0449. The van der Waals surface area contributed by atoms with E-state index in [0.717, 1.165) is 36.0 Å². The van der Waals surface area contributed by atoms with Crippen molar-refractivity contribution in [3.05, 3.63) is 39.9 Å². The second kappa shape index (κ2) is 6.44. The van der Waals surface area contributed by atoms with E-state index >= 15 is 0 Å². The van der Waals surface area contributed by atoms with Crippen LogP contribution >= 0.6 is 11.6 Å². The Labute approximate surface area is 130 Å². The first-order valence-electron chi connectivity index (χ1n) is 7.31. The van der Waals surface area contributed by atoms with Gasteiger partial charge in [0.2, 0.25) is 0 Å². The smallest absolute Gasteiger partial charge is 0.273 e. The maximum Gasteiger partial charge on any atom is 0.273 e. The lowest BCUT2D eigenvalue weighted by Crippen LogP contribution is -2.32. The number of aryl methyl sites for hydroxylation is 2. The summed E-state index contributed by atoms with van der Waals surface area (Å²) in [7, 11) is 0. The molecule has 1 aromatic rings. The molecule has 0 bridgehead atoms. The molecule has 112 valence electrons. The van der Waals surface area contributed by atoms with E-state index in [-0.39, 0.29) is 16.8 Å². The number of hydrogen-bond acceptors (Lipinski definition) is 2. The number of benzene rings is 1. The number of hydrogen-bond donors (Lipinski definition) is 0. The third kappa shape index (κ3) is 3.03. The molecule has 0 spiro atoms. The van der Waals surface area contributed by atoms with E-state index < -0.39 is 0 Å². The molecular weight excluding hydrogens is 286 g/mol. The van der Waals surface area contributed by atoms with Crippen LogP contribution in [0.3, 0.4) is 0 Å². The third-order valence-electron chi connectivity index (χ3n) is 3.75. The van der Waals surface area contributed by atoms with Gasteiger partial charge in [0.25, 0.3) is 11.8 Å². The van der Waals surface area contributed by atoms with E-state index in [1.165, 1.54) is 4.90 Å². The molecular formula is C17H20ClNO2. The highest BCUT2D eigenvalue weighted by Crippen LogP contribution is 2.33. The van der Waals surface area contributed by atoms with Gasteiger partial charge in [0, 0.05) is 6.54 Å². The van der Waals surface area contributed by atoms with Crippen LogP contribution in [0, 0.1) is 13.8 Å². The van der Waals surface area contributed by atoms with Crippen molar-refractivity contribution in [2.45, 2.75) is 40.0 Å². The normalized spacial score (nSPS) is 15.3. The molecule has 0 N–H and O–H groups in total. The average molecular weight is 306 g/mol. The zero-order valence-electron chi connectivity index (χ0n) is 12.7. The molecule has 4 heteroatoms. The standard InChI is InChI=1S/C17H20ClNO2/c1-4-5-6-9-19-16(20)14(15(18)17(19)21)13-8-7-11(2)10-12(13)3/h7-8,10H,4-6,9H2,1-3H3. The Morgan fingerprint density at radius 3 is 2.43 bits per heavy atom. The summed E-state index contributed by atoms with van der Waals surface area (Å²) in [6, 6.07) is 5.78. The van der Waals surface area contributed by atoms with Crippen LogP contribution in [0.1, 0.15) is 42.9 Å². The molecule has 2 rings (SSSR count). The van der Waals surface area contributed by atoms with Crippen LogP contribution in [0.2, 0.25) is 0 Å². The molecule has 1 aliphatic rings. The maximum absolute atomic E-state index is 12.5. The Morgan fingerprint density at radius 1 is 1.10 bits per heavy atom. The number of rotatable bonds is 5. The van der Waals surface area contributed by atoms with Gasteiger partial charge in [-0.05, 0) is 31.4 Å². The van der Waals surface area contributed by atoms with Crippen molar-refractivity contribution in [3.8, 4) is 0 Å². The van der Waals surface area contributed by atoms with Gasteiger partial charge in [0.1, 0.15) is 5.03 Å². The Balaban J connectivity index is 2.31. The van der Waals surface area contributed by atoms with Gasteiger partial charge in [0.05, 0.1) is 5.57 Å². The fourth-order valence-corrected chi connectivity index (χ4v) is 2.88. The molecule has 2 amide bonds. The summed E-state index contributed by atoms with van der Waals surface area (Å²) in [5, 5.41) is 0.0449. The van der Waals surface area contributed by atoms with Gasteiger partial charge in [-0.15, -0.1) is 0 Å². The first-order valence-corrected chi connectivity index (χ1v) is 7.68. The lowest BCUT2D eigenvalue weighted by molar-refractivity contribution is -0.136. The molecule has 3 nitrogen and oxygen atoms in total. The highest BCUT2D eigenvalue weighted by Gasteiger charge is 2.38. The van der Waals surface area contributed by atoms with Gasteiger partial charge in [0.15, 0.2) is 0 Å². The zero-order valence-corrected chi connectivity index (χ0v) is 13.5. The van der Waals surface area contributed by atoms with Crippen LogP contribution in [-0.2, 0) is 9.59 Å². The molecule has 1 aromatic carbocycles. The number of amides is 2. The summed E-state index contributed by atoms with van der Waals surface area (Å²) in [4.78, 5) is 26.0. The summed E-state index contributed by atoms with van der Waals surface area (Å²) in [5.41, 5.74) is 3.17. The second-order valence-corrected chi connectivity index (χ2v) is 5.85. The fraction of sp³-hybridized carbons (Fsp3) is 0.412. The Morgan fingerprint density at radius 2 is 1.81 bits per heavy atom. The monoisotopic (exact) mass is 305 g/mol. The average Bonchev–Trinajstić information content (AvgIpc) is 2.64. The molecule has 0 saturated heterocycles. The molecule has 1 heterocycles. The summed E-state index contributed by atoms with van der Waals surface area (Å²) in [5.74, 6) is -0.638. The molecule has 0 saturated carbocycles. The highest BCUT2D eigenvalue weighted by atomic mass is 35.5. The summed E-state index contributed by atoms with van der Waals surface area (Å²) in [6.45, 7) is 6.44. The van der Waals surface area contributed by atoms with Gasteiger partial charge in [-0.25, -0.2) is 0 Å². The Bertz CT molecular complexity index is 619. The predicted octanol–water partition coefficient (Wildman–Crippen LogP) is 3.81. The third-order valence-corrected chi connectivity index (χ3v) is 4.10. The molecule has 0 aromatic heterocycles. The fourth-order valence-electron chi connectivity index (χ4n) is 2.60. The van der Waals surface area contributed by atoms with E-state index in [1.807, 2.05) is 32.0 Å². The Kier molecular flexibility index (Phi) is 4.84. The number of carbonyl (C=O) groups is 2. The lowest BCUT2D eigenvalue weighted by atomic mass is 9.99. The number of imide groups is 1. The molecule has 0 fully saturated rings. The minimum Gasteiger partial charge on any atom is -0.274 e. The van der Waals surface area contributed by atoms with Crippen LogP contribution in [0.4, 0.5) is 0 Å². The van der Waals surface area contributed by atoms with E-state index in [1.54, 1.807) is 0 Å². The summed E-state index contributed by atoms with van der Waals surface area (Å²) < 4.78 is 0. The van der Waals surface area contributed by atoms with Gasteiger partial charge < -0.3 is 0 Å². The number of halogens is 1. The number of unbranched alkanes of at least 4 members (excludes halogenated alkanes) is 2. The minimum atomic E-state index is -0.368. The van der Waals surface area contributed by atoms with E-state index in [2.05, 4.69) is 6.92 Å². The summed E-state index contributed by atoms with van der Waals surface area (Å²) >= 11 is 6.14. The first-order chi connectivity index (χ1) is 9.97. The van der Waals surface area contributed by atoms with Crippen molar-refractivity contribution in [3.63, 3.8) is 0 Å². The highest BCUT2D eigenvalue weighted by molar-refractivity contribution is 6.55. The molecule has 0 atom stereocenters. The second-order valence-electron chi connectivity index (χ2n) is 5.48. The van der Waals surface area contributed by atoms with Gasteiger partial charge in [-0.3, -0.25) is 14.5 Å². The van der Waals surface area contributed by atoms with Crippen molar-refractivity contribution in [2.75, 3.05) is 6.54 Å². The maximum atomic E-state index is 12.5. The van der Waals surface area contributed by atoms with Crippen molar-refractivity contribution < 1.29 is 9.59 Å². The van der Waals surface area contributed by atoms with Crippen molar-refractivity contribution >= 4 is 29.0 Å². The predicted molar refractivity (Wildman–Crippen MR) is 84.9 cm³/mol. The van der Waals surface area contributed by atoms with Crippen molar-refractivity contribution in [1.82, 2.24) is 4.90 Å². The Hall–Kier alpha value is -1.61. The lowest BCUT2D eigenvalue weighted by Gasteiger charge is -2.14. The molecule has 21 heavy (non-hydrogen) atoms. The van der Waals surface area contributed by atoms with Gasteiger partial charge in [-0.2, -0.15) is 0 Å². The van der Waals surface area contributed by atoms with Gasteiger partial charge >= 0.3 is 0 Å². The van der Waals surface area contributed by atoms with Crippen LogP contribution in [0.15, 0.2) is 23.2 Å². The van der Waals surface area contributed by atoms with E-state index in [4.69, 9.17) is 11.6 Å². The van der Waals surface area contributed by atoms with E-state index in [0.29, 0.717) is 12.1 Å². The zero-order chi connectivity index (χ0) is 15.6. The van der Waals surface area contributed by atoms with Crippen LogP contribution < -0.4 is 0 Å². The summed E-state index contributed by atoms with van der Waals surface area (Å²) in [6.07, 6.45) is 2.85. The van der Waals surface area contributed by atoms with E-state index in [9.17, 15) is 9.59 Å². The SMILES string of the molecule is CCCCCN1C(=O)C(Cl)=C(c2ccc(C)cc2C)C1=O. The number of nitrogens with zero attached hydrogens (tertiary/aromatic N) is 1. The first kappa shape index (κ1) is 15.8. The van der Waals surface area contributed by atoms with Crippen molar-refractivity contribution in [1.29, 1.82) is 0 Å². The van der Waals surface area contributed by atoms with Crippen LogP contribution in [-0.4, -0.2) is 23.3 Å². The molecule has 0 aliphatic carbocycles. The number of carbonyl (C=O) groups excluding carboxylic acids is 2. The van der Waals surface area contributed by atoms with Crippen molar-refractivity contribution in [2.24, 2.45) is 0 Å². The molecule has 0 unspecified atom stereocenters. The van der Waals surface area contributed by atoms with Gasteiger partial charge in [-0.1, -0.05) is 55.1 Å². The quantitative estimate of drug-likeness (QED) is 0.613. The molecule has 0 radical (unpaired) electrons. The van der Waals surface area contributed by atoms with Crippen LogP contribution in [0.25, 0.3) is 5.57 Å². The topological polar surface area (TPSA) is 37.4 Å². The van der Waals surface area contributed by atoms with Crippen LogP contribution in [0.5, 0.6) is 0 Å².